The van der Waals surface area contributed by atoms with Crippen LogP contribution in [-0.4, -0.2) is 26.4 Å². The Bertz CT molecular complexity index is 629. The lowest BCUT2D eigenvalue weighted by Gasteiger charge is -2.14. The van der Waals surface area contributed by atoms with Gasteiger partial charge in [-0.1, -0.05) is 0 Å². The molecule has 0 spiro atoms. The molecular weight excluding hydrogens is 232 g/mol. The van der Waals surface area contributed by atoms with Gasteiger partial charge < -0.3 is 9.72 Å². The molecule has 6 nitrogen and oxygen atoms in total. The van der Waals surface area contributed by atoms with Gasteiger partial charge in [-0.3, -0.25) is 9.48 Å². The summed E-state index contributed by atoms with van der Waals surface area (Å²) in [5.41, 5.74) is 2.21. The topological polar surface area (TPSA) is 72.8 Å². The van der Waals surface area contributed by atoms with Crippen LogP contribution in [0, 0.1) is 0 Å². The van der Waals surface area contributed by atoms with E-state index in [1.165, 1.54) is 0 Å². The molecule has 0 unspecified atom stereocenters. The highest BCUT2D eigenvalue weighted by atomic mass is 16.5. The molecule has 0 fully saturated rings. The summed E-state index contributed by atoms with van der Waals surface area (Å²) < 4.78 is 7.07. The third-order valence-electron chi connectivity index (χ3n) is 3.06. The number of hydrogen-bond acceptors (Lipinski definition) is 4. The van der Waals surface area contributed by atoms with Crippen molar-refractivity contribution >= 4 is 0 Å². The molecule has 0 radical (unpaired) electrons. The van der Waals surface area contributed by atoms with E-state index in [2.05, 4.69) is 15.1 Å². The lowest BCUT2D eigenvalue weighted by atomic mass is 10.1. The summed E-state index contributed by atoms with van der Waals surface area (Å²) in [5.74, 6) is 0.584. The third-order valence-corrected chi connectivity index (χ3v) is 3.06. The Hall–Kier alpha value is -1.95. The predicted octanol–water partition coefficient (Wildman–Crippen LogP) is 0.726. The predicted molar refractivity (Wildman–Crippen MR) is 65.1 cm³/mol. The van der Waals surface area contributed by atoms with Crippen molar-refractivity contribution in [2.75, 3.05) is 6.61 Å². The SMILES string of the molecule is CCn1cc(-c2nc3c(c(=O)[nH]2)COCC3)cn1. The first-order valence-electron chi connectivity index (χ1n) is 6.00. The quantitative estimate of drug-likeness (QED) is 0.847. The third kappa shape index (κ3) is 1.84. The number of fused-ring (bicyclic) bond motifs is 1. The lowest BCUT2D eigenvalue weighted by molar-refractivity contribution is 0.108. The standard InChI is InChI=1S/C12H14N4O2/c1-2-16-6-8(5-13-16)11-14-10-3-4-18-7-9(10)12(17)15-11/h5-6H,2-4,7H2,1H3,(H,14,15,17). The van der Waals surface area contributed by atoms with Crippen LogP contribution in [0.3, 0.4) is 0 Å². The van der Waals surface area contributed by atoms with Crippen molar-refractivity contribution in [2.45, 2.75) is 26.5 Å². The van der Waals surface area contributed by atoms with Gasteiger partial charge in [0.1, 0.15) is 5.82 Å². The molecule has 94 valence electrons. The molecule has 0 bridgehead atoms. The molecule has 2 aromatic heterocycles. The molecule has 0 aliphatic carbocycles. The molecule has 0 amide bonds. The molecule has 0 atom stereocenters. The first kappa shape index (κ1) is 11.2. The Kier molecular flexibility index (Phi) is 2.71. The van der Waals surface area contributed by atoms with Crippen molar-refractivity contribution < 1.29 is 4.74 Å². The maximum absolute atomic E-state index is 11.9. The number of nitrogens with zero attached hydrogens (tertiary/aromatic N) is 3. The molecule has 3 rings (SSSR count). The molecule has 6 heteroatoms. The fourth-order valence-electron chi connectivity index (χ4n) is 2.04. The van der Waals surface area contributed by atoms with Crippen LogP contribution in [0.1, 0.15) is 18.2 Å². The van der Waals surface area contributed by atoms with Crippen molar-refractivity contribution in [2.24, 2.45) is 0 Å². The van der Waals surface area contributed by atoms with Gasteiger partial charge in [0.25, 0.3) is 5.56 Å². The van der Waals surface area contributed by atoms with Crippen molar-refractivity contribution in [1.29, 1.82) is 0 Å². The summed E-state index contributed by atoms with van der Waals surface area (Å²) >= 11 is 0. The number of nitrogens with one attached hydrogen (secondary N) is 1. The number of ether oxygens (including phenoxy) is 1. The van der Waals surface area contributed by atoms with Crippen molar-refractivity contribution in [3.05, 3.63) is 34.0 Å². The smallest absolute Gasteiger partial charge is 0.256 e. The van der Waals surface area contributed by atoms with Crippen LogP contribution in [0.4, 0.5) is 0 Å². The Morgan fingerprint density at radius 2 is 2.44 bits per heavy atom. The largest absolute Gasteiger partial charge is 0.376 e. The first-order valence-corrected chi connectivity index (χ1v) is 6.00. The second-order valence-corrected chi connectivity index (χ2v) is 4.23. The van der Waals surface area contributed by atoms with E-state index in [1.807, 2.05) is 13.1 Å². The summed E-state index contributed by atoms with van der Waals surface area (Å²) in [6, 6.07) is 0. The van der Waals surface area contributed by atoms with Crippen LogP contribution in [0.15, 0.2) is 17.2 Å². The van der Waals surface area contributed by atoms with Crippen LogP contribution in [0.2, 0.25) is 0 Å². The van der Waals surface area contributed by atoms with E-state index in [4.69, 9.17) is 4.74 Å². The van der Waals surface area contributed by atoms with Crippen LogP contribution < -0.4 is 5.56 Å². The number of aryl methyl sites for hydroxylation is 1. The molecule has 2 aromatic rings. The van der Waals surface area contributed by atoms with Gasteiger partial charge in [-0.05, 0) is 6.92 Å². The van der Waals surface area contributed by atoms with Gasteiger partial charge in [0.2, 0.25) is 0 Å². The van der Waals surface area contributed by atoms with E-state index < -0.39 is 0 Å². The van der Waals surface area contributed by atoms with E-state index in [-0.39, 0.29) is 5.56 Å². The van der Waals surface area contributed by atoms with Crippen LogP contribution >= 0.6 is 0 Å². The van der Waals surface area contributed by atoms with Crippen molar-refractivity contribution in [3.8, 4) is 11.4 Å². The highest BCUT2D eigenvalue weighted by Gasteiger charge is 2.16. The number of rotatable bonds is 2. The number of hydrogen-bond donors (Lipinski definition) is 1. The summed E-state index contributed by atoms with van der Waals surface area (Å²) in [4.78, 5) is 19.2. The van der Waals surface area contributed by atoms with Crippen LogP contribution in [0.5, 0.6) is 0 Å². The summed E-state index contributed by atoms with van der Waals surface area (Å²) in [5, 5.41) is 4.18. The van der Waals surface area contributed by atoms with Crippen LogP contribution in [-0.2, 0) is 24.3 Å². The minimum Gasteiger partial charge on any atom is -0.376 e. The van der Waals surface area contributed by atoms with Gasteiger partial charge in [-0.25, -0.2) is 4.98 Å². The number of H-pyrrole nitrogens is 1. The zero-order chi connectivity index (χ0) is 12.5. The Balaban J connectivity index is 2.07. The molecule has 0 saturated carbocycles. The van der Waals surface area contributed by atoms with Crippen LogP contribution in [0.25, 0.3) is 11.4 Å². The van der Waals surface area contributed by atoms with E-state index in [0.717, 1.165) is 17.8 Å². The maximum atomic E-state index is 11.9. The van der Waals surface area contributed by atoms with Gasteiger partial charge >= 0.3 is 0 Å². The van der Waals surface area contributed by atoms with E-state index >= 15 is 0 Å². The summed E-state index contributed by atoms with van der Waals surface area (Å²) in [7, 11) is 0. The van der Waals surface area contributed by atoms with Gasteiger partial charge in [0, 0.05) is 19.2 Å². The Morgan fingerprint density at radius 3 is 3.22 bits per heavy atom. The second-order valence-electron chi connectivity index (χ2n) is 4.23. The molecule has 1 aliphatic rings. The molecule has 1 aliphatic heterocycles. The second kappa shape index (κ2) is 4.38. The number of aromatic nitrogens is 4. The molecule has 1 N–H and O–H groups in total. The highest BCUT2D eigenvalue weighted by molar-refractivity contribution is 5.52. The molecule has 0 aromatic carbocycles. The summed E-state index contributed by atoms with van der Waals surface area (Å²) in [6.45, 7) is 3.78. The summed E-state index contributed by atoms with van der Waals surface area (Å²) in [6.07, 6.45) is 4.28. The normalized spacial score (nSPS) is 14.5. The van der Waals surface area contributed by atoms with E-state index in [9.17, 15) is 4.79 Å². The lowest BCUT2D eigenvalue weighted by Crippen LogP contribution is -2.24. The average molecular weight is 246 g/mol. The monoisotopic (exact) mass is 246 g/mol. The molecule has 3 heterocycles. The van der Waals surface area contributed by atoms with Gasteiger partial charge in [-0.2, -0.15) is 5.10 Å². The van der Waals surface area contributed by atoms with E-state index in [1.54, 1.807) is 10.9 Å². The van der Waals surface area contributed by atoms with E-state index in [0.29, 0.717) is 31.0 Å². The number of aromatic amines is 1. The zero-order valence-electron chi connectivity index (χ0n) is 10.1. The Morgan fingerprint density at radius 1 is 1.56 bits per heavy atom. The highest BCUT2D eigenvalue weighted by Crippen LogP contribution is 2.16. The molecule has 0 saturated heterocycles. The fraction of sp³-hybridized carbons (Fsp3) is 0.417. The minimum atomic E-state index is -0.112. The van der Waals surface area contributed by atoms with Gasteiger partial charge in [-0.15, -0.1) is 0 Å². The first-order chi connectivity index (χ1) is 8.78. The molecule has 18 heavy (non-hydrogen) atoms. The molecular formula is C12H14N4O2. The average Bonchev–Trinajstić information content (AvgIpc) is 2.87. The van der Waals surface area contributed by atoms with Crippen molar-refractivity contribution in [1.82, 2.24) is 19.7 Å². The van der Waals surface area contributed by atoms with Gasteiger partial charge in [0.05, 0.1) is 36.2 Å². The van der Waals surface area contributed by atoms with Gasteiger partial charge in [0.15, 0.2) is 0 Å². The zero-order valence-corrected chi connectivity index (χ0v) is 10.1. The Labute approximate surface area is 104 Å². The minimum absolute atomic E-state index is 0.112. The van der Waals surface area contributed by atoms with Crippen molar-refractivity contribution in [3.63, 3.8) is 0 Å². The fourth-order valence-corrected chi connectivity index (χ4v) is 2.04. The maximum Gasteiger partial charge on any atom is 0.256 e.